The molecular weight excluding hydrogens is 449 g/mol. The predicted octanol–water partition coefficient (Wildman–Crippen LogP) is 5.66. The molecule has 4 heteroatoms. The van der Waals surface area contributed by atoms with E-state index >= 15 is 0 Å². The number of aliphatic hydroxyl groups excluding tert-OH is 1. The molecular formula is C31H32NO2P. The van der Waals surface area contributed by atoms with E-state index in [1.165, 1.54) is 10.6 Å². The smallest absolute Gasteiger partial charge is 0.224 e. The summed E-state index contributed by atoms with van der Waals surface area (Å²) in [5, 5.41) is 12.9. The Bertz CT molecular complexity index is 1130. The van der Waals surface area contributed by atoms with Crippen LogP contribution in [0.2, 0.25) is 0 Å². The van der Waals surface area contributed by atoms with Gasteiger partial charge in [0.2, 0.25) is 5.91 Å². The number of rotatable bonds is 10. The standard InChI is InChI=1S/C31H32NO2P/c1-25(35(28-18-10-4-11-19-28)29-20-12-5-13-21-29)22-31(34)32(23-26-14-6-2-7-15-26)30(24-33)27-16-8-3-9-17-27/h2-21,25,30,33H,22-24H2,1H3/t25-,30-/m0/s1. The normalized spacial score (nSPS) is 12.8. The maximum Gasteiger partial charge on any atom is 0.224 e. The van der Waals surface area contributed by atoms with Gasteiger partial charge in [-0.25, -0.2) is 0 Å². The lowest BCUT2D eigenvalue weighted by Crippen LogP contribution is -2.38. The van der Waals surface area contributed by atoms with E-state index < -0.39 is 14.0 Å². The minimum absolute atomic E-state index is 0.0589. The fourth-order valence-electron chi connectivity index (χ4n) is 4.51. The molecule has 0 bridgehead atoms. The predicted molar refractivity (Wildman–Crippen MR) is 146 cm³/mol. The monoisotopic (exact) mass is 481 g/mol. The quantitative estimate of drug-likeness (QED) is 0.297. The van der Waals surface area contributed by atoms with Crippen molar-refractivity contribution in [1.29, 1.82) is 0 Å². The lowest BCUT2D eigenvalue weighted by atomic mass is 10.0. The Morgan fingerprint density at radius 1 is 0.743 bits per heavy atom. The number of hydrogen-bond donors (Lipinski definition) is 1. The van der Waals surface area contributed by atoms with Gasteiger partial charge in [-0.1, -0.05) is 128 Å². The SMILES string of the molecule is C[C@@H](CC(=O)N(Cc1ccccc1)[C@@H](CO)c1ccccc1)P(c1ccccc1)c1ccccc1. The van der Waals surface area contributed by atoms with Crippen molar-refractivity contribution in [3.63, 3.8) is 0 Å². The van der Waals surface area contributed by atoms with Gasteiger partial charge in [0, 0.05) is 13.0 Å². The second kappa shape index (κ2) is 12.4. The lowest BCUT2D eigenvalue weighted by molar-refractivity contribution is -0.135. The first-order valence-electron chi connectivity index (χ1n) is 12.1. The highest BCUT2D eigenvalue weighted by atomic mass is 31.1. The van der Waals surface area contributed by atoms with Crippen LogP contribution in [0.3, 0.4) is 0 Å². The van der Waals surface area contributed by atoms with Crippen molar-refractivity contribution in [3.8, 4) is 0 Å². The molecule has 0 saturated heterocycles. The van der Waals surface area contributed by atoms with Crippen LogP contribution in [-0.4, -0.2) is 28.2 Å². The van der Waals surface area contributed by atoms with E-state index in [9.17, 15) is 9.90 Å². The Hall–Kier alpha value is -3.26. The van der Waals surface area contributed by atoms with Gasteiger partial charge >= 0.3 is 0 Å². The van der Waals surface area contributed by atoms with E-state index in [-0.39, 0.29) is 18.2 Å². The van der Waals surface area contributed by atoms with E-state index in [1.807, 2.05) is 77.7 Å². The first-order chi connectivity index (χ1) is 17.2. The van der Waals surface area contributed by atoms with Crippen molar-refractivity contribution < 1.29 is 9.90 Å². The van der Waals surface area contributed by atoms with Crippen molar-refractivity contribution in [2.45, 2.75) is 31.6 Å². The van der Waals surface area contributed by atoms with Crippen LogP contribution in [0.5, 0.6) is 0 Å². The molecule has 0 fully saturated rings. The van der Waals surface area contributed by atoms with E-state index in [0.717, 1.165) is 11.1 Å². The number of aliphatic hydroxyl groups is 1. The van der Waals surface area contributed by atoms with E-state index in [0.29, 0.717) is 13.0 Å². The number of carbonyl (C=O) groups excluding carboxylic acids is 1. The van der Waals surface area contributed by atoms with Crippen molar-refractivity contribution >= 4 is 24.4 Å². The van der Waals surface area contributed by atoms with Crippen LogP contribution in [0.25, 0.3) is 0 Å². The zero-order valence-electron chi connectivity index (χ0n) is 20.1. The summed E-state index contributed by atoms with van der Waals surface area (Å²) in [5.74, 6) is 0.0589. The molecule has 0 aliphatic heterocycles. The third-order valence-electron chi connectivity index (χ3n) is 6.23. The van der Waals surface area contributed by atoms with Crippen LogP contribution >= 0.6 is 7.92 Å². The van der Waals surface area contributed by atoms with Gasteiger partial charge in [-0.2, -0.15) is 0 Å². The van der Waals surface area contributed by atoms with Gasteiger partial charge in [-0.3, -0.25) is 4.79 Å². The third-order valence-corrected chi connectivity index (χ3v) is 9.00. The Morgan fingerprint density at radius 2 is 1.20 bits per heavy atom. The molecule has 0 spiro atoms. The summed E-state index contributed by atoms with van der Waals surface area (Å²) in [4.78, 5) is 15.8. The highest BCUT2D eigenvalue weighted by Crippen LogP contribution is 2.41. The molecule has 4 rings (SSSR count). The van der Waals surface area contributed by atoms with Gasteiger partial charge in [-0.05, 0) is 35.3 Å². The number of hydrogen-bond acceptors (Lipinski definition) is 2. The average molecular weight is 482 g/mol. The molecule has 0 unspecified atom stereocenters. The molecule has 0 radical (unpaired) electrons. The fourth-order valence-corrected chi connectivity index (χ4v) is 7.15. The third kappa shape index (κ3) is 6.45. The van der Waals surface area contributed by atoms with Gasteiger partial charge in [0.15, 0.2) is 0 Å². The van der Waals surface area contributed by atoms with Crippen molar-refractivity contribution in [1.82, 2.24) is 4.90 Å². The van der Waals surface area contributed by atoms with Crippen LogP contribution in [0.4, 0.5) is 0 Å². The number of carbonyl (C=O) groups is 1. The van der Waals surface area contributed by atoms with Crippen molar-refractivity contribution in [3.05, 3.63) is 132 Å². The van der Waals surface area contributed by atoms with Crippen LogP contribution in [0.15, 0.2) is 121 Å². The summed E-state index contributed by atoms with van der Waals surface area (Å²) < 4.78 is 0. The molecule has 0 aliphatic carbocycles. The molecule has 178 valence electrons. The molecule has 4 aromatic rings. The molecule has 1 amide bonds. The lowest BCUT2D eigenvalue weighted by Gasteiger charge is -2.33. The van der Waals surface area contributed by atoms with Gasteiger partial charge in [-0.15, -0.1) is 0 Å². The minimum Gasteiger partial charge on any atom is -0.394 e. The zero-order valence-corrected chi connectivity index (χ0v) is 21.0. The summed E-state index contributed by atoms with van der Waals surface area (Å²) >= 11 is 0. The zero-order chi connectivity index (χ0) is 24.5. The highest BCUT2D eigenvalue weighted by molar-refractivity contribution is 7.73. The maximum atomic E-state index is 13.9. The Morgan fingerprint density at radius 3 is 1.69 bits per heavy atom. The Labute approximate surface area is 209 Å². The molecule has 0 saturated carbocycles. The van der Waals surface area contributed by atoms with Crippen LogP contribution in [0, 0.1) is 0 Å². The number of benzene rings is 4. The first kappa shape index (κ1) is 24.9. The summed E-state index contributed by atoms with van der Waals surface area (Å²) in [5.41, 5.74) is 2.13. The molecule has 0 aliphatic rings. The Balaban J connectivity index is 1.64. The fraction of sp³-hybridized carbons (Fsp3) is 0.194. The molecule has 3 nitrogen and oxygen atoms in total. The van der Waals surface area contributed by atoms with Gasteiger partial charge < -0.3 is 10.0 Å². The van der Waals surface area contributed by atoms with Gasteiger partial charge in [0.1, 0.15) is 0 Å². The highest BCUT2D eigenvalue weighted by Gasteiger charge is 2.29. The largest absolute Gasteiger partial charge is 0.394 e. The number of amides is 1. The molecule has 1 N–H and O–H groups in total. The van der Waals surface area contributed by atoms with E-state index in [1.54, 1.807) is 0 Å². The minimum atomic E-state index is -0.716. The van der Waals surface area contributed by atoms with Crippen LogP contribution in [0.1, 0.15) is 30.5 Å². The molecule has 0 heterocycles. The number of nitrogens with zero attached hydrogens (tertiary/aromatic N) is 1. The second-order valence-corrected chi connectivity index (χ2v) is 11.4. The summed E-state index contributed by atoms with van der Waals surface area (Å²) in [6, 6.07) is 40.5. The van der Waals surface area contributed by atoms with Gasteiger partial charge in [0.25, 0.3) is 0 Å². The van der Waals surface area contributed by atoms with E-state index in [4.69, 9.17) is 0 Å². The first-order valence-corrected chi connectivity index (χ1v) is 13.5. The summed E-state index contributed by atoms with van der Waals surface area (Å²) in [6.45, 7) is 2.52. The Kier molecular flexibility index (Phi) is 8.84. The summed E-state index contributed by atoms with van der Waals surface area (Å²) in [6.07, 6.45) is 0.408. The average Bonchev–Trinajstić information content (AvgIpc) is 2.91. The maximum absolute atomic E-state index is 13.9. The topological polar surface area (TPSA) is 40.5 Å². The van der Waals surface area contributed by atoms with Crippen LogP contribution < -0.4 is 10.6 Å². The molecule has 35 heavy (non-hydrogen) atoms. The van der Waals surface area contributed by atoms with Gasteiger partial charge in [0.05, 0.1) is 12.6 Å². The van der Waals surface area contributed by atoms with Crippen molar-refractivity contribution in [2.75, 3.05) is 6.61 Å². The molecule has 2 atom stereocenters. The van der Waals surface area contributed by atoms with Crippen molar-refractivity contribution in [2.24, 2.45) is 0 Å². The summed E-state index contributed by atoms with van der Waals surface area (Å²) in [7, 11) is -0.716. The van der Waals surface area contributed by atoms with E-state index in [2.05, 4.69) is 55.5 Å². The molecule has 4 aromatic carbocycles. The second-order valence-electron chi connectivity index (χ2n) is 8.71. The molecule has 0 aromatic heterocycles. The van der Waals surface area contributed by atoms with Crippen LogP contribution in [-0.2, 0) is 11.3 Å².